The Balaban J connectivity index is 1.50. The van der Waals surface area contributed by atoms with Crippen LogP contribution in [0.2, 0.25) is 0 Å². The minimum Gasteiger partial charge on any atom is -0.388 e. The lowest BCUT2D eigenvalue weighted by Gasteiger charge is -2.22. The van der Waals surface area contributed by atoms with Gasteiger partial charge in [0.2, 0.25) is 0 Å². The van der Waals surface area contributed by atoms with Gasteiger partial charge in [0.25, 0.3) is 5.89 Å². The number of halogens is 3. The number of thiazole rings is 1. The Morgan fingerprint density at radius 1 is 1.08 bits per heavy atom. The molecule has 0 spiro atoms. The summed E-state index contributed by atoms with van der Waals surface area (Å²) in [4.78, 5) is 36.1. The Kier molecular flexibility index (Phi) is 6.74. The fourth-order valence-electron chi connectivity index (χ4n) is 4.10. The van der Waals surface area contributed by atoms with Gasteiger partial charge in [0.05, 0.1) is 5.56 Å². The van der Waals surface area contributed by atoms with E-state index in [1.54, 1.807) is 6.07 Å². The largest absolute Gasteiger partial charge is 0.434 e. The summed E-state index contributed by atoms with van der Waals surface area (Å²) >= 11 is 0.814. The van der Waals surface area contributed by atoms with Gasteiger partial charge in [-0.1, -0.05) is 19.3 Å². The molecule has 14 heteroatoms. The van der Waals surface area contributed by atoms with E-state index in [-0.39, 0.29) is 22.8 Å². The number of aromatic amines is 1. The van der Waals surface area contributed by atoms with Crippen LogP contribution in [-0.4, -0.2) is 37.2 Å². The SMILES string of the molecule is O=C(Nc1cc(-c2nc(C(F)(F)F)cs2)c(-c2cncc(-c3n[nH]c(=O)o3)c2)cn1)NC1CCCCC1. The first kappa shape index (κ1) is 24.6. The number of H-pyrrole nitrogens is 1. The summed E-state index contributed by atoms with van der Waals surface area (Å²) in [5, 5.41) is 12.5. The van der Waals surface area contributed by atoms with Crippen molar-refractivity contribution in [2.75, 3.05) is 5.32 Å². The zero-order valence-electron chi connectivity index (χ0n) is 19.1. The first-order chi connectivity index (χ1) is 17.8. The van der Waals surface area contributed by atoms with Gasteiger partial charge in [0.15, 0.2) is 5.69 Å². The maximum absolute atomic E-state index is 13.3. The van der Waals surface area contributed by atoms with Crippen molar-refractivity contribution in [1.29, 1.82) is 0 Å². The van der Waals surface area contributed by atoms with Gasteiger partial charge in [-0.2, -0.15) is 13.2 Å². The highest BCUT2D eigenvalue weighted by atomic mass is 32.1. The van der Waals surface area contributed by atoms with Crippen molar-refractivity contribution in [3.63, 3.8) is 0 Å². The van der Waals surface area contributed by atoms with E-state index in [9.17, 15) is 22.8 Å². The van der Waals surface area contributed by atoms with E-state index in [2.05, 4.69) is 35.8 Å². The van der Waals surface area contributed by atoms with Crippen LogP contribution < -0.4 is 16.4 Å². The molecule has 37 heavy (non-hydrogen) atoms. The molecule has 2 amide bonds. The maximum atomic E-state index is 13.3. The van der Waals surface area contributed by atoms with Gasteiger partial charge >= 0.3 is 18.0 Å². The molecule has 0 atom stereocenters. The zero-order valence-corrected chi connectivity index (χ0v) is 19.9. The number of carbonyl (C=O) groups excluding carboxylic acids is 1. The number of nitrogens with zero attached hydrogens (tertiary/aromatic N) is 4. The first-order valence-electron chi connectivity index (χ1n) is 11.4. The highest BCUT2D eigenvalue weighted by molar-refractivity contribution is 7.13. The molecule has 5 rings (SSSR count). The van der Waals surface area contributed by atoms with E-state index >= 15 is 0 Å². The summed E-state index contributed by atoms with van der Waals surface area (Å²) in [5.74, 6) is -0.592. The Labute approximate surface area is 211 Å². The summed E-state index contributed by atoms with van der Waals surface area (Å²) in [6, 6.07) is 2.70. The third kappa shape index (κ3) is 5.69. The van der Waals surface area contributed by atoms with Gasteiger partial charge in [-0.3, -0.25) is 10.3 Å². The van der Waals surface area contributed by atoms with E-state index in [4.69, 9.17) is 4.42 Å². The molecule has 4 heterocycles. The Hall–Kier alpha value is -4.07. The molecular formula is C23H20F3N7O3S. The fraction of sp³-hybridized carbons (Fsp3) is 0.304. The van der Waals surface area contributed by atoms with Crippen LogP contribution >= 0.6 is 11.3 Å². The van der Waals surface area contributed by atoms with Crippen molar-refractivity contribution in [3.8, 4) is 33.2 Å². The first-order valence-corrected chi connectivity index (χ1v) is 12.3. The molecule has 0 radical (unpaired) electrons. The topological polar surface area (TPSA) is 139 Å². The van der Waals surface area contributed by atoms with Gasteiger partial charge in [-0.25, -0.2) is 24.7 Å². The molecule has 0 saturated heterocycles. The van der Waals surface area contributed by atoms with E-state index in [1.165, 1.54) is 24.7 Å². The number of hydrogen-bond donors (Lipinski definition) is 3. The molecule has 1 fully saturated rings. The second kappa shape index (κ2) is 10.1. The monoisotopic (exact) mass is 531 g/mol. The van der Waals surface area contributed by atoms with Gasteiger partial charge in [0, 0.05) is 46.7 Å². The molecular weight excluding hydrogens is 511 g/mol. The number of alkyl halides is 3. The van der Waals surface area contributed by atoms with E-state index in [0.717, 1.165) is 48.8 Å². The predicted molar refractivity (Wildman–Crippen MR) is 129 cm³/mol. The summed E-state index contributed by atoms with van der Waals surface area (Å²) in [5.41, 5.74) is 0.531. The number of rotatable bonds is 5. The highest BCUT2D eigenvalue weighted by Gasteiger charge is 2.34. The molecule has 0 aliphatic heterocycles. The van der Waals surface area contributed by atoms with Crippen LogP contribution in [0.5, 0.6) is 0 Å². The van der Waals surface area contributed by atoms with E-state index < -0.39 is 23.7 Å². The predicted octanol–water partition coefficient (Wildman–Crippen LogP) is 5.08. The Bertz CT molecular complexity index is 1470. The van der Waals surface area contributed by atoms with E-state index in [0.29, 0.717) is 22.3 Å². The van der Waals surface area contributed by atoms with Crippen LogP contribution in [-0.2, 0) is 6.18 Å². The summed E-state index contributed by atoms with van der Waals surface area (Å²) in [6.07, 6.45) is 4.73. The number of aromatic nitrogens is 5. The van der Waals surface area contributed by atoms with Gasteiger partial charge in [-0.05, 0) is 25.0 Å². The molecule has 1 aliphatic carbocycles. The van der Waals surface area contributed by atoms with Gasteiger partial charge in [0.1, 0.15) is 10.8 Å². The minimum absolute atomic E-state index is 0.000126. The van der Waals surface area contributed by atoms with Crippen molar-refractivity contribution in [3.05, 3.63) is 52.3 Å². The lowest BCUT2D eigenvalue weighted by molar-refractivity contribution is -0.140. The van der Waals surface area contributed by atoms with Crippen LogP contribution in [0.3, 0.4) is 0 Å². The average Bonchev–Trinajstić information content (AvgIpc) is 3.54. The van der Waals surface area contributed by atoms with Crippen LogP contribution in [0.1, 0.15) is 37.8 Å². The number of nitrogens with one attached hydrogen (secondary N) is 3. The third-order valence-corrected chi connectivity index (χ3v) is 6.72. The summed E-state index contributed by atoms with van der Waals surface area (Å²) in [7, 11) is 0. The van der Waals surface area contributed by atoms with Crippen LogP contribution in [0.15, 0.2) is 45.3 Å². The average molecular weight is 532 g/mol. The molecule has 4 aromatic rings. The molecule has 0 unspecified atom stereocenters. The molecule has 10 nitrogen and oxygen atoms in total. The van der Waals surface area contributed by atoms with Crippen molar-refractivity contribution in [1.82, 2.24) is 30.5 Å². The fourth-order valence-corrected chi connectivity index (χ4v) is 4.96. The van der Waals surface area contributed by atoms with Crippen molar-refractivity contribution >= 4 is 23.2 Å². The van der Waals surface area contributed by atoms with Crippen LogP contribution in [0.25, 0.3) is 33.2 Å². The number of hydrogen-bond acceptors (Lipinski definition) is 8. The lowest BCUT2D eigenvalue weighted by Crippen LogP contribution is -2.39. The highest BCUT2D eigenvalue weighted by Crippen LogP contribution is 2.38. The summed E-state index contributed by atoms with van der Waals surface area (Å²) < 4.78 is 44.8. The molecule has 0 bridgehead atoms. The summed E-state index contributed by atoms with van der Waals surface area (Å²) in [6.45, 7) is 0. The molecule has 3 N–H and O–H groups in total. The molecule has 1 aliphatic rings. The van der Waals surface area contributed by atoms with Crippen LogP contribution in [0.4, 0.5) is 23.8 Å². The minimum atomic E-state index is -4.61. The molecule has 0 aromatic carbocycles. The van der Waals surface area contributed by atoms with Crippen molar-refractivity contribution < 1.29 is 22.4 Å². The van der Waals surface area contributed by atoms with Gasteiger partial charge in [-0.15, -0.1) is 16.4 Å². The number of pyridine rings is 2. The molecule has 1 saturated carbocycles. The third-order valence-electron chi connectivity index (χ3n) is 5.85. The molecule has 192 valence electrons. The molecule has 4 aromatic heterocycles. The second-order valence-corrected chi connectivity index (χ2v) is 9.32. The quantitative estimate of drug-likeness (QED) is 0.326. The second-order valence-electron chi connectivity index (χ2n) is 8.46. The standard InChI is InChI=1S/C23H20F3N7O3S/c24-23(25,26)17-11-37-20(30-17)15-7-18(31-21(34)29-14-4-2-1-3-5-14)28-10-16(15)12-6-13(9-27-8-12)19-32-33-22(35)36-19/h6-11,14H,1-5H2,(H,33,35)(H2,28,29,31,34). The number of carbonyl (C=O) groups is 1. The van der Waals surface area contributed by atoms with Crippen LogP contribution in [0, 0.1) is 0 Å². The number of urea groups is 1. The van der Waals surface area contributed by atoms with Crippen molar-refractivity contribution in [2.45, 2.75) is 44.3 Å². The number of amides is 2. The van der Waals surface area contributed by atoms with Crippen molar-refractivity contribution in [2.24, 2.45) is 0 Å². The zero-order chi connectivity index (χ0) is 26.0. The number of anilines is 1. The normalized spacial score (nSPS) is 14.5. The lowest BCUT2D eigenvalue weighted by atomic mass is 9.96. The van der Waals surface area contributed by atoms with Gasteiger partial charge < -0.3 is 9.73 Å². The Morgan fingerprint density at radius 3 is 2.57 bits per heavy atom. The smallest absolute Gasteiger partial charge is 0.388 e. The van der Waals surface area contributed by atoms with E-state index in [1.807, 2.05) is 0 Å². The Morgan fingerprint density at radius 2 is 1.86 bits per heavy atom. The maximum Gasteiger partial charge on any atom is 0.434 e.